The van der Waals surface area contributed by atoms with E-state index in [1.54, 1.807) is 0 Å². The van der Waals surface area contributed by atoms with Crippen LogP contribution in [0.25, 0.3) is 0 Å². The molecule has 12 heteroatoms. The molecule has 1 aromatic heterocycles. The molecular formula is C20H32F2N8OS. The van der Waals surface area contributed by atoms with E-state index in [0.717, 1.165) is 31.3 Å². The number of aromatic nitrogens is 1. The third-order valence-corrected chi connectivity index (χ3v) is 7.71. The summed E-state index contributed by atoms with van der Waals surface area (Å²) in [7, 11) is 0. The zero-order valence-electron chi connectivity index (χ0n) is 17.9. The minimum atomic E-state index is -1.05. The summed E-state index contributed by atoms with van der Waals surface area (Å²) in [6.45, 7) is 2.62. The third-order valence-electron chi connectivity index (χ3n) is 6.35. The third kappa shape index (κ3) is 5.32. The predicted molar refractivity (Wildman–Crippen MR) is 122 cm³/mol. The van der Waals surface area contributed by atoms with E-state index < -0.39 is 36.1 Å². The second-order valence-electron chi connectivity index (χ2n) is 8.57. The van der Waals surface area contributed by atoms with Gasteiger partial charge in [0.2, 0.25) is 5.91 Å². The fourth-order valence-electron chi connectivity index (χ4n) is 4.69. The van der Waals surface area contributed by atoms with Crippen molar-refractivity contribution in [2.24, 2.45) is 23.3 Å². The molecule has 0 saturated carbocycles. The number of nitrogens with zero attached hydrogens (tertiary/aromatic N) is 2. The number of nitrogens with one attached hydrogen (secondary N) is 4. The van der Waals surface area contributed by atoms with E-state index >= 15 is 0 Å². The van der Waals surface area contributed by atoms with E-state index in [1.165, 1.54) is 6.20 Å². The Hall–Kier alpha value is -1.57. The van der Waals surface area contributed by atoms with Gasteiger partial charge in [0, 0.05) is 38.5 Å². The van der Waals surface area contributed by atoms with E-state index in [2.05, 4.69) is 26.3 Å². The summed E-state index contributed by atoms with van der Waals surface area (Å²) in [6.07, 6.45) is 1.85. The van der Waals surface area contributed by atoms with Crippen LogP contribution in [-0.2, 0) is 4.79 Å². The first-order valence-electron chi connectivity index (χ1n) is 11.1. The van der Waals surface area contributed by atoms with Gasteiger partial charge in [0.05, 0.1) is 41.7 Å². The fraction of sp³-hybridized carbons (Fsp3) is 0.700. The SMILES string of the molecule is NC(N)C(C(=O)Nc1cncc(F)c1N1CCC(C2NCCS2)CC1)C1NCC(F)CN1. The quantitative estimate of drug-likeness (QED) is 0.312. The summed E-state index contributed by atoms with van der Waals surface area (Å²) >= 11 is 1.95. The van der Waals surface area contributed by atoms with Gasteiger partial charge in [0.25, 0.3) is 0 Å². The van der Waals surface area contributed by atoms with Crippen molar-refractivity contribution in [2.45, 2.75) is 36.7 Å². The molecule has 32 heavy (non-hydrogen) atoms. The fourth-order valence-corrected chi connectivity index (χ4v) is 5.96. The molecule has 3 fully saturated rings. The Morgan fingerprint density at radius 3 is 2.56 bits per heavy atom. The van der Waals surface area contributed by atoms with Crippen LogP contribution in [0, 0.1) is 17.7 Å². The Morgan fingerprint density at radius 1 is 1.22 bits per heavy atom. The predicted octanol–water partition coefficient (Wildman–Crippen LogP) is -0.245. The van der Waals surface area contributed by atoms with Gasteiger partial charge >= 0.3 is 0 Å². The molecule has 0 spiro atoms. The highest BCUT2D eigenvalue weighted by Gasteiger charge is 2.36. The molecule has 178 valence electrons. The Labute approximate surface area is 190 Å². The van der Waals surface area contributed by atoms with E-state index in [4.69, 9.17) is 11.5 Å². The Balaban J connectivity index is 1.46. The lowest BCUT2D eigenvalue weighted by Gasteiger charge is -2.37. The zero-order chi connectivity index (χ0) is 22.7. The minimum Gasteiger partial charge on any atom is -0.367 e. The molecule has 4 rings (SSSR count). The first-order chi connectivity index (χ1) is 15.4. The Bertz CT molecular complexity index is 781. The summed E-state index contributed by atoms with van der Waals surface area (Å²) in [5.74, 6) is -0.171. The van der Waals surface area contributed by atoms with Gasteiger partial charge in [0.15, 0.2) is 5.82 Å². The average molecular weight is 471 g/mol. The lowest BCUT2D eigenvalue weighted by Crippen LogP contribution is -2.64. The van der Waals surface area contributed by atoms with Crippen LogP contribution in [0.4, 0.5) is 20.2 Å². The molecule has 0 radical (unpaired) electrons. The van der Waals surface area contributed by atoms with Gasteiger partial charge in [0.1, 0.15) is 11.9 Å². The molecule has 9 nitrogen and oxygen atoms in total. The number of amides is 1. The first-order valence-corrected chi connectivity index (χ1v) is 12.1. The lowest BCUT2D eigenvalue weighted by atomic mass is 9.95. The molecule has 0 aromatic carbocycles. The maximum absolute atomic E-state index is 14.9. The van der Waals surface area contributed by atoms with Crippen LogP contribution in [0.3, 0.4) is 0 Å². The highest BCUT2D eigenvalue weighted by molar-refractivity contribution is 8.00. The molecule has 1 aromatic rings. The van der Waals surface area contributed by atoms with Crippen molar-refractivity contribution in [2.75, 3.05) is 48.7 Å². The van der Waals surface area contributed by atoms with Crippen LogP contribution in [0.5, 0.6) is 0 Å². The van der Waals surface area contributed by atoms with E-state index in [-0.39, 0.29) is 18.8 Å². The molecule has 0 aliphatic carbocycles. The van der Waals surface area contributed by atoms with Crippen molar-refractivity contribution in [3.8, 4) is 0 Å². The van der Waals surface area contributed by atoms with Crippen LogP contribution < -0.4 is 37.6 Å². The molecule has 8 N–H and O–H groups in total. The molecule has 3 saturated heterocycles. The number of hydrogen-bond donors (Lipinski definition) is 6. The smallest absolute Gasteiger partial charge is 0.233 e. The van der Waals surface area contributed by atoms with Crippen molar-refractivity contribution in [1.29, 1.82) is 0 Å². The number of anilines is 2. The van der Waals surface area contributed by atoms with E-state index in [9.17, 15) is 13.6 Å². The number of thioether (sulfide) groups is 1. The zero-order valence-corrected chi connectivity index (χ0v) is 18.7. The van der Waals surface area contributed by atoms with Crippen molar-refractivity contribution in [3.63, 3.8) is 0 Å². The van der Waals surface area contributed by atoms with E-state index in [1.807, 2.05) is 16.7 Å². The maximum atomic E-state index is 14.9. The standard InChI is InChI=1S/C20H32F2N8OS/c21-12-7-27-18(28-8-12)15(17(23)24)19(31)29-14-10-25-9-13(22)16(14)30-4-1-11(2-5-30)20-26-3-6-32-20/h9-12,15,17-18,20,26-28H,1-8,23-24H2,(H,29,31). The number of carbonyl (C=O) groups is 1. The summed E-state index contributed by atoms with van der Waals surface area (Å²) in [4.78, 5) is 19.0. The Morgan fingerprint density at radius 2 is 1.94 bits per heavy atom. The molecule has 2 atom stereocenters. The van der Waals surface area contributed by atoms with Gasteiger partial charge in [-0.2, -0.15) is 0 Å². The topological polar surface area (TPSA) is 133 Å². The monoisotopic (exact) mass is 470 g/mol. The van der Waals surface area contributed by atoms with Gasteiger partial charge < -0.3 is 27.0 Å². The van der Waals surface area contributed by atoms with E-state index in [0.29, 0.717) is 30.1 Å². The molecule has 0 bridgehead atoms. The first kappa shape index (κ1) is 23.6. The van der Waals surface area contributed by atoms with Gasteiger partial charge in [-0.3, -0.25) is 20.4 Å². The largest absolute Gasteiger partial charge is 0.367 e. The number of alkyl halides is 1. The van der Waals surface area contributed by atoms with Crippen LogP contribution in [-0.4, -0.2) is 73.2 Å². The summed E-state index contributed by atoms with van der Waals surface area (Å²) in [6, 6.07) is 0. The number of halogens is 2. The van der Waals surface area contributed by atoms with Gasteiger partial charge in [-0.25, -0.2) is 8.78 Å². The van der Waals surface area contributed by atoms with Gasteiger partial charge in [-0.1, -0.05) is 0 Å². The molecule has 3 aliphatic rings. The highest BCUT2D eigenvalue weighted by Crippen LogP contribution is 2.35. The number of carbonyl (C=O) groups excluding carboxylic acids is 1. The van der Waals surface area contributed by atoms with Crippen molar-refractivity contribution < 1.29 is 13.6 Å². The molecule has 3 aliphatic heterocycles. The number of hydrogen-bond acceptors (Lipinski definition) is 9. The second-order valence-corrected chi connectivity index (χ2v) is 9.82. The molecule has 1 amide bonds. The minimum absolute atomic E-state index is 0.101. The van der Waals surface area contributed by atoms with Crippen LogP contribution in [0.2, 0.25) is 0 Å². The summed E-state index contributed by atoms with van der Waals surface area (Å²) < 4.78 is 28.3. The van der Waals surface area contributed by atoms with Gasteiger partial charge in [-0.15, -0.1) is 11.8 Å². The maximum Gasteiger partial charge on any atom is 0.233 e. The normalized spacial score (nSPS) is 28.2. The number of nitrogens with two attached hydrogens (primary N) is 2. The lowest BCUT2D eigenvalue weighted by molar-refractivity contribution is -0.122. The van der Waals surface area contributed by atoms with Gasteiger partial charge in [-0.05, 0) is 18.8 Å². The molecule has 4 heterocycles. The molecule has 2 unspecified atom stereocenters. The second kappa shape index (κ2) is 10.6. The summed E-state index contributed by atoms with van der Waals surface area (Å²) in [5.41, 5.74) is 12.4. The number of pyridine rings is 1. The van der Waals surface area contributed by atoms with Crippen molar-refractivity contribution in [3.05, 3.63) is 18.2 Å². The van der Waals surface area contributed by atoms with Crippen LogP contribution in [0.1, 0.15) is 12.8 Å². The van der Waals surface area contributed by atoms with Crippen molar-refractivity contribution >= 4 is 29.0 Å². The average Bonchev–Trinajstić information content (AvgIpc) is 3.30. The molecular weight excluding hydrogens is 438 g/mol. The highest BCUT2D eigenvalue weighted by atomic mass is 32.2. The van der Waals surface area contributed by atoms with Crippen LogP contribution in [0.15, 0.2) is 12.4 Å². The number of piperidine rings is 1. The Kier molecular flexibility index (Phi) is 7.79. The number of rotatable bonds is 6. The van der Waals surface area contributed by atoms with Crippen molar-refractivity contribution in [1.82, 2.24) is 20.9 Å². The van der Waals surface area contributed by atoms with Crippen LogP contribution >= 0.6 is 11.8 Å². The summed E-state index contributed by atoms with van der Waals surface area (Å²) in [5, 5.41) is 12.6.